The maximum atomic E-state index is 11.0. The van der Waals surface area contributed by atoms with Gasteiger partial charge in [-0.2, -0.15) is 0 Å². The Morgan fingerprint density at radius 3 is 2.75 bits per heavy atom. The average molecular weight is 166 g/mol. The molecule has 0 saturated heterocycles. The number of amides is 1. The summed E-state index contributed by atoms with van der Waals surface area (Å²) in [5.41, 5.74) is 1.16. The normalized spacial score (nSPS) is 9.92. The maximum Gasteiger partial charge on any atom is 0.225 e. The Kier molecular flexibility index (Phi) is 2.53. The van der Waals surface area contributed by atoms with E-state index >= 15 is 0 Å². The van der Waals surface area contributed by atoms with E-state index in [0.717, 1.165) is 11.4 Å². The van der Waals surface area contributed by atoms with Gasteiger partial charge in [0.1, 0.15) is 5.82 Å². The quantitative estimate of drug-likeness (QED) is 0.712. The van der Waals surface area contributed by atoms with Gasteiger partial charge in [0.15, 0.2) is 0 Å². The standard InChI is InChI=1S/C9H14N2O/c1-4-9(12)10-8-5-7(2)6-11(8)3/h5-6H,4H2,1-3H3,(H,10,12). The second-order valence-corrected chi connectivity index (χ2v) is 2.92. The molecule has 0 radical (unpaired) electrons. The fourth-order valence-electron chi connectivity index (χ4n) is 1.09. The molecule has 66 valence electrons. The van der Waals surface area contributed by atoms with Crippen LogP contribution in [0.3, 0.4) is 0 Å². The van der Waals surface area contributed by atoms with Gasteiger partial charge in [-0.1, -0.05) is 6.92 Å². The van der Waals surface area contributed by atoms with Gasteiger partial charge in [0.05, 0.1) is 0 Å². The molecule has 0 saturated carbocycles. The number of hydrogen-bond acceptors (Lipinski definition) is 1. The summed E-state index contributed by atoms with van der Waals surface area (Å²) in [5.74, 6) is 0.913. The summed E-state index contributed by atoms with van der Waals surface area (Å²) >= 11 is 0. The monoisotopic (exact) mass is 166 g/mol. The highest BCUT2D eigenvalue weighted by molar-refractivity contribution is 5.89. The predicted octanol–water partition coefficient (Wildman–Crippen LogP) is 1.68. The van der Waals surface area contributed by atoms with Gasteiger partial charge in [-0.25, -0.2) is 0 Å². The van der Waals surface area contributed by atoms with Gasteiger partial charge in [-0.3, -0.25) is 4.79 Å². The van der Waals surface area contributed by atoms with Crippen molar-refractivity contribution in [2.75, 3.05) is 5.32 Å². The Bertz CT molecular complexity index is 289. The summed E-state index contributed by atoms with van der Waals surface area (Å²) in [5, 5.41) is 2.80. The van der Waals surface area contributed by atoms with E-state index in [4.69, 9.17) is 0 Å². The number of carbonyl (C=O) groups excluding carboxylic acids is 1. The Morgan fingerprint density at radius 2 is 2.33 bits per heavy atom. The highest BCUT2D eigenvalue weighted by Gasteiger charge is 2.02. The number of nitrogens with one attached hydrogen (secondary N) is 1. The van der Waals surface area contributed by atoms with Gasteiger partial charge in [-0.15, -0.1) is 0 Å². The highest BCUT2D eigenvalue weighted by Crippen LogP contribution is 2.11. The summed E-state index contributed by atoms with van der Waals surface area (Å²) < 4.78 is 1.91. The fraction of sp³-hybridized carbons (Fsp3) is 0.444. The number of hydrogen-bond donors (Lipinski definition) is 1. The molecule has 3 nitrogen and oxygen atoms in total. The summed E-state index contributed by atoms with van der Waals surface area (Å²) in [6, 6.07) is 1.95. The summed E-state index contributed by atoms with van der Waals surface area (Å²) in [6.07, 6.45) is 2.50. The molecule has 1 heterocycles. The molecule has 0 aliphatic rings. The summed E-state index contributed by atoms with van der Waals surface area (Å²) in [7, 11) is 1.91. The number of rotatable bonds is 2. The smallest absolute Gasteiger partial charge is 0.225 e. The molecule has 0 aliphatic heterocycles. The van der Waals surface area contributed by atoms with Crippen LogP contribution in [0.15, 0.2) is 12.3 Å². The van der Waals surface area contributed by atoms with Crippen molar-refractivity contribution in [2.45, 2.75) is 20.3 Å². The first-order valence-corrected chi connectivity index (χ1v) is 4.06. The zero-order valence-corrected chi connectivity index (χ0v) is 7.72. The van der Waals surface area contributed by atoms with Crippen molar-refractivity contribution in [1.29, 1.82) is 0 Å². The van der Waals surface area contributed by atoms with E-state index in [1.165, 1.54) is 0 Å². The minimum atomic E-state index is 0.0520. The van der Waals surface area contributed by atoms with Crippen molar-refractivity contribution in [3.8, 4) is 0 Å². The van der Waals surface area contributed by atoms with Crippen molar-refractivity contribution in [2.24, 2.45) is 7.05 Å². The fourth-order valence-corrected chi connectivity index (χ4v) is 1.09. The molecule has 1 amide bonds. The van der Waals surface area contributed by atoms with Crippen molar-refractivity contribution in [3.05, 3.63) is 17.8 Å². The van der Waals surface area contributed by atoms with Crippen molar-refractivity contribution in [3.63, 3.8) is 0 Å². The first-order valence-electron chi connectivity index (χ1n) is 4.06. The second-order valence-electron chi connectivity index (χ2n) is 2.92. The number of aromatic nitrogens is 1. The van der Waals surface area contributed by atoms with E-state index in [1.807, 2.05) is 37.7 Å². The van der Waals surface area contributed by atoms with Gasteiger partial charge >= 0.3 is 0 Å². The minimum absolute atomic E-state index is 0.0520. The Hall–Kier alpha value is -1.25. The highest BCUT2D eigenvalue weighted by atomic mass is 16.1. The molecule has 1 aromatic heterocycles. The molecule has 0 aromatic carbocycles. The molecule has 3 heteroatoms. The van der Waals surface area contributed by atoms with Crippen LogP contribution in [0, 0.1) is 6.92 Å². The third-order valence-corrected chi connectivity index (χ3v) is 1.73. The second kappa shape index (κ2) is 3.43. The van der Waals surface area contributed by atoms with Crippen molar-refractivity contribution >= 4 is 11.7 Å². The molecule has 12 heavy (non-hydrogen) atoms. The minimum Gasteiger partial charge on any atom is -0.337 e. The van der Waals surface area contributed by atoms with Crippen molar-refractivity contribution in [1.82, 2.24) is 4.57 Å². The van der Waals surface area contributed by atoms with Crippen molar-refractivity contribution < 1.29 is 4.79 Å². The first kappa shape index (κ1) is 8.84. The van der Waals surface area contributed by atoms with Crippen LogP contribution < -0.4 is 5.32 Å². The number of carbonyl (C=O) groups is 1. The van der Waals surface area contributed by atoms with E-state index in [1.54, 1.807) is 0 Å². The third-order valence-electron chi connectivity index (χ3n) is 1.73. The van der Waals surface area contributed by atoms with E-state index in [-0.39, 0.29) is 5.91 Å². The van der Waals surface area contributed by atoms with Crippen LogP contribution in [0.1, 0.15) is 18.9 Å². The molecule has 1 N–H and O–H groups in total. The molecule has 1 rings (SSSR count). The number of aryl methyl sites for hydroxylation is 2. The predicted molar refractivity (Wildman–Crippen MR) is 49.1 cm³/mol. The zero-order valence-electron chi connectivity index (χ0n) is 7.72. The molecule has 0 bridgehead atoms. The molecule has 0 spiro atoms. The molecular formula is C9H14N2O. The maximum absolute atomic E-state index is 11.0. The van der Waals surface area contributed by atoms with Crippen LogP contribution in [-0.4, -0.2) is 10.5 Å². The average Bonchev–Trinajstić information content (AvgIpc) is 2.30. The molecule has 0 atom stereocenters. The topological polar surface area (TPSA) is 34.0 Å². The number of nitrogens with zero attached hydrogens (tertiary/aromatic N) is 1. The Morgan fingerprint density at radius 1 is 1.67 bits per heavy atom. The lowest BCUT2D eigenvalue weighted by atomic mass is 10.4. The Balaban J connectivity index is 2.75. The van der Waals surface area contributed by atoms with Gasteiger partial charge in [0.25, 0.3) is 0 Å². The van der Waals surface area contributed by atoms with E-state index in [2.05, 4.69) is 5.32 Å². The van der Waals surface area contributed by atoms with Crippen LogP contribution in [0.4, 0.5) is 5.82 Å². The largest absolute Gasteiger partial charge is 0.337 e. The van der Waals surface area contributed by atoms with Crippen LogP contribution in [-0.2, 0) is 11.8 Å². The zero-order chi connectivity index (χ0) is 9.14. The first-order chi connectivity index (χ1) is 5.63. The van der Waals surface area contributed by atoms with Gasteiger partial charge in [-0.05, 0) is 18.6 Å². The third kappa shape index (κ3) is 1.87. The van der Waals surface area contributed by atoms with Crippen LogP contribution in [0.25, 0.3) is 0 Å². The van der Waals surface area contributed by atoms with E-state index in [0.29, 0.717) is 6.42 Å². The van der Waals surface area contributed by atoms with Gasteiger partial charge < -0.3 is 9.88 Å². The van der Waals surface area contributed by atoms with E-state index < -0.39 is 0 Å². The molecule has 0 unspecified atom stereocenters. The Labute approximate surface area is 72.4 Å². The number of anilines is 1. The lowest BCUT2D eigenvalue weighted by molar-refractivity contribution is -0.115. The van der Waals surface area contributed by atoms with Crippen LogP contribution in [0.5, 0.6) is 0 Å². The molecule has 0 aliphatic carbocycles. The molecule has 1 aromatic rings. The van der Waals surface area contributed by atoms with Gasteiger partial charge in [0.2, 0.25) is 5.91 Å². The van der Waals surface area contributed by atoms with Gasteiger partial charge in [0, 0.05) is 19.7 Å². The summed E-state index contributed by atoms with van der Waals surface area (Å²) in [4.78, 5) is 11.0. The lowest BCUT2D eigenvalue weighted by Gasteiger charge is -2.03. The lowest BCUT2D eigenvalue weighted by Crippen LogP contribution is -2.11. The molecule has 0 fully saturated rings. The SMILES string of the molecule is CCC(=O)Nc1cc(C)cn1C. The van der Waals surface area contributed by atoms with E-state index in [9.17, 15) is 4.79 Å². The summed E-state index contributed by atoms with van der Waals surface area (Å²) in [6.45, 7) is 3.84. The van der Waals surface area contributed by atoms with Crippen LogP contribution in [0.2, 0.25) is 0 Å². The molecular weight excluding hydrogens is 152 g/mol. The van der Waals surface area contributed by atoms with Crippen LogP contribution >= 0.6 is 0 Å².